The van der Waals surface area contributed by atoms with Gasteiger partial charge in [0.25, 0.3) is 10.0 Å². The zero-order chi connectivity index (χ0) is 13.5. The third-order valence-corrected chi connectivity index (χ3v) is 4.11. The van der Waals surface area contributed by atoms with Crippen LogP contribution in [-0.4, -0.2) is 23.6 Å². The van der Waals surface area contributed by atoms with E-state index >= 15 is 0 Å². The predicted octanol–water partition coefficient (Wildman–Crippen LogP) is 1.27. The van der Waals surface area contributed by atoms with Crippen molar-refractivity contribution < 1.29 is 8.42 Å². The van der Waals surface area contributed by atoms with E-state index in [2.05, 4.69) is 19.9 Å². The molecule has 2 heterocycles. The Morgan fingerprint density at radius 1 is 1.26 bits per heavy atom. The molecule has 3 rings (SSSR count). The number of hydrogen-bond acceptors (Lipinski definition) is 4. The van der Waals surface area contributed by atoms with Crippen molar-refractivity contribution in [3.8, 4) is 0 Å². The van der Waals surface area contributed by atoms with Crippen LogP contribution in [0.25, 0.3) is 10.9 Å². The summed E-state index contributed by atoms with van der Waals surface area (Å²) in [5.74, 6) is 0.304. The number of aromatic nitrogens is 3. The fourth-order valence-electron chi connectivity index (χ4n) is 1.85. The number of aromatic amines is 2. The summed E-state index contributed by atoms with van der Waals surface area (Å²) >= 11 is 0. The lowest BCUT2D eigenvalue weighted by molar-refractivity contribution is 0.602. The maximum Gasteiger partial charge on any atom is 0.265 e. The molecule has 0 radical (unpaired) electrons. The fourth-order valence-corrected chi connectivity index (χ4v) is 3.03. The van der Waals surface area contributed by atoms with E-state index in [0.717, 1.165) is 0 Å². The Hall–Kier alpha value is -2.48. The summed E-state index contributed by atoms with van der Waals surface area (Å²) in [4.78, 5) is 3.04. The molecular weight excluding hydrogens is 266 g/mol. The quantitative estimate of drug-likeness (QED) is 0.539. The molecule has 0 spiro atoms. The molecule has 0 fully saturated rings. The van der Waals surface area contributed by atoms with E-state index < -0.39 is 10.0 Å². The highest BCUT2D eigenvalue weighted by Crippen LogP contribution is 2.25. The largest absolute Gasteiger partial charge is 0.399 e. The Balaban J connectivity index is 2.10. The first-order chi connectivity index (χ1) is 9.06. The number of nitrogens with zero attached hydrogens (tertiary/aromatic N) is 1. The maximum absolute atomic E-state index is 12.3. The molecule has 3 aromatic rings. The molecule has 0 saturated heterocycles. The molecule has 7 nitrogen and oxygen atoms in total. The molecule has 2 aromatic heterocycles. The van der Waals surface area contributed by atoms with Crippen molar-refractivity contribution in [3.63, 3.8) is 0 Å². The smallest absolute Gasteiger partial charge is 0.265 e. The normalized spacial score (nSPS) is 11.8. The average molecular weight is 277 g/mol. The number of H-pyrrole nitrogens is 2. The molecule has 5 N–H and O–H groups in total. The summed E-state index contributed by atoms with van der Waals surface area (Å²) < 4.78 is 26.9. The molecule has 0 aliphatic heterocycles. The van der Waals surface area contributed by atoms with Crippen LogP contribution >= 0.6 is 0 Å². The zero-order valence-electron chi connectivity index (χ0n) is 9.71. The van der Waals surface area contributed by atoms with Gasteiger partial charge in [0.05, 0.1) is 6.20 Å². The highest BCUT2D eigenvalue weighted by molar-refractivity contribution is 7.93. The minimum atomic E-state index is -3.69. The number of nitrogens with two attached hydrogens (primary N) is 1. The van der Waals surface area contributed by atoms with Crippen LogP contribution in [0.5, 0.6) is 0 Å². The van der Waals surface area contributed by atoms with Gasteiger partial charge in [-0.1, -0.05) is 0 Å². The van der Waals surface area contributed by atoms with Gasteiger partial charge in [-0.15, -0.1) is 0 Å². The summed E-state index contributed by atoms with van der Waals surface area (Å²) in [5, 5.41) is 6.77. The third kappa shape index (κ3) is 2.02. The molecule has 0 aliphatic rings. The van der Waals surface area contributed by atoms with Crippen molar-refractivity contribution in [1.82, 2.24) is 15.2 Å². The van der Waals surface area contributed by atoms with E-state index in [9.17, 15) is 8.42 Å². The number of nitrogens with one attached hydrogen (secondary N) is 3. The van der Waals surface area contributed by atoms with Gasteiger partial charge in [-0.05, 0) is 18.2 Å². The topological polar surface area (TPSA) is 117 Å². The van der Waals surface area contributed by atoms with Crippen LogP contribution in [-0.2, 0) is 10.0 Å². The van der Waals surface area contributed by atoms with Gasteiger partial charge in [-0.2, -0.15) is 5.10 Å². The van der Waals surface area contributed by atoms with Gasteiger partial charge in [0, 0.05) is 28.9 Å². The van der Waals surface area contributed by atoms with Gasteiger partial charge in [-0.3, -0.25) is 9.82 Å². The van der Waals surface area contributed by atoms with Gasteiger partial charge in [0.1, 0.15) is 10.7 Å². The van der Waals surface area contributed by atoms with Crippen LogP contribution in [0.1, 0.15) is 0 Å². The standard InChI is InChI=1S/C11H11N5O2S/c12-7-1-2-9-8(5-7)10(6-13-9)19(17,18)16-11-3-4-14-15-11/h1-6,13H,12H2,(H2,14,15,16). The molecule has 0 saturated carbocycles. The number of nitrogen functional groups attached to an aromatic ring is 1. The Bertz CT molecular complexity index is 820. The van der Waals surface area contributed by atoms with E-state index in [1.165, 1.54) is 18.5 Å². The van der Waals surface area contributed by atoms with E-state index in [4.69, 9.17) is 5.73 Å². The number of fused-ring (bicyclic) bond motifs is 1. The van der Waals surface area contributed by atoms with Crippen molar-refractivity contribution >= 4 is 32.4 Å². The zero-order valence-corrected chi connectivity index (χ0v) is 10.5. The van der Waals surface area contributed by atoms with Crippen LogP contribution in [0.4, 0.5) is 11.5 Å². The summed E-state index contributed by atoms with van der Waals surface area (Å²) in [7, 11) is -3.69. The summed E-state index contributed by atoms with van der Waals surface area (Å²) in [6.45, 7) is 0. The highest BCUT2D eigenvalue weighted by Gasteiger charge is 2.19. The number of anilines is 2. The molecule has 8 heteroatoms. The second-order valence-electron chi connectivity index (χ2n) is 4.03. The van der Waals surface area contributed by atoms with Crippen LogP contribution in [0.3, 0.4) is 0 Å². The molecular formula is C11H11N5O2S. The average Bonchev–Trinajstić information content (AvgIpc) is 2.96. The molecule has 19 heavy (non-hydrogen) atoms. The van der Waals surface area contributed by atoms with Gasteiger partial charge >= 0.3 is 0 Å². The summed E-state index contributed by atoms with van der Waals surface area (Å²) in [6.07, 6.45) is 2.90. The lowest BCUT2D eigenvalue weighted by Gasteiger charge is -2.04. The fraction of sp³-hybridized carbons (Fsp3) is 0. The monoisotopic (exact) mass is 277 g/mol. The van der Waals surface area contributed by atoms with E-state index in [1.54, 1.807) is 18.2 Å². The van der Waals surface area contributed by atoms with Crippen molar-refractivity contribution in [3.05, 3.63) is 36.7 Å². The molecule has 0 unspecified atom stereocenters. The summed E-state index contributed by atoms with van der Waals surface area (Å²) in [6, 6.07) is 6.59. The summed E-state index contributed by atoms with van der Waals surface area (Å²) in [5.41, 5.74) is 6.90. The maximum atomic E-state index is 12.3. The minimum absolute atomic E-state index is 0.143. The van der Waals surface area contributed by atoms with Crippen molar-refractivity contribution in [2.24, 2.45) is 0 Å². The van der Waals surface area contributed by atoms with Crippen LogP contribution < -0.4 is 10.5 Å². The van der Waals surface area contributed by atoms with Gasteiger partial charge in [0.2, 0.25) is 0 Å². The third-order valence-electron chi connectivity index (χ3n) is 2.70. The second-order valence-corrected chi connectivity index (χ2v) is 5.68. The highest BCUT2D eigenvalue weighted by atomic mass is 32.2. The van der Waals surface area contributed by atoms with Crippen molar-refractivity contribution in [2.75, 3.05) is 10.5 Å². The van der Waals surface area contributed by atoms with Crippen LogP contribution in [0.15, 0.2) is 41.6 Å². The Labute approximate surface area is 108 Å². The first kappa shape index (κ1) is 11.6. The molecule has 0 atom stereocenters. The number of hydrogen-bond donors (Lipinski definition) is 4. The van der Waals surface area contributed by atoms with E-state index in [-0.39, 0.29) is 4.90 Å². The van der Waals surface area contributed by atoms with Gasteiger partial charge < -0.3 is 10.7 Å². The number of sulfonamides is 1. The van der Waals surface area contributed by atoms with E-state index in [0.29, 0.717) is 22.4 Å². The molecule has 0 amide bonds. The molecule has 0 aliphatic carbocycles. The molecule has 98 valence electrons. The van der Waals surface area contributed by atoms with Crippen LogP contribution in [0, 0.1) is 0 Å². The molecule has 0 bridgehead atoms. The second kappa shape index (κ2) is 4.02. The SMILES string of the molecule is Nc1ccc2[nH]cc(S(=O)(=O)Nc3ccn[nH]3)c2c1. The van der Waals surface area contributed by atoms with Gasteiger partial charge in [-0.25, -0.2) is 8.42 Å². The molecule has 1 aromatic carbocycles. The van der Waals surface area contributed by atoms with Crippen molar-refractivity contribution in [1.29, 1.82) is 0 Å². The first-order valence-electron chi connectivity index (χ1n) is 5.45. The minimum Gasteiger partial charge on any atom is -0.399 e. The van der Waals surface area contributed by atoms with Crippen LogP contribution in [0.2, 0.25) is 0 Å². The number of rotatable bonds is 3. The van der Waals surface area contributed by atoms with Gasteiger partial charge in [0.15, 0.2) is 0 Å². The lowest BCUT2D eigenvalue weighted by Crippen LogP contribution is -2.12. The number of benzene rings is 1. The lowest BCUT2D eigenvalue weighted by atomic mass is 10.2. The first-order valence-corrected chi connectivity index (χ1v) is 6.93. The Morgan fingerprint density at radius 2 is 2.11 bits per heavy atom. The Morgan fingerprint density at radius 3 is 2.84 bits per heavy atom. The van der Waals surface area contributed by atoms with Crippen molar-refractivity contribution in [2.45, 2.75) is 4.90 Å². The Kier molecular flexibility index (Phi) is 2.46. The van der Waals surface area contributed by atoms with E-state index in [1.807, 2.05) is 0 Å². The predicted molar refractivity (Wildman–Crippen MR) is 72.1 cm³/mol.